The Morgan fingerprint density at radius 3 is 2.56 bits per heavy atom. The minimum atomic E-state index is -4.44. The van der Waals surface area contributed by atoms with E-state index in [2.05, 4.69) is 15.6 Å². The third-order valence-electron chi connectivity index (χ3n) is 4.47. The topological polar surface area (TPSA) is 98.0 Å². The van der Waals surface area contributed by atoms with Gasteiger partial charge in [-0.2, -0.15) is 18.4 Å². The third kappa shape index (κ3) is 5.95. The van der Waals surface area contributed by atoms with Gasteiger partial charge < -0.3 is 15.7 Å². The highest BCUT2D eigenvalue weighted by Gasteiger charge is 2.30. The first-order chi connectivity index (χ1) is 15.2. The number of anilines is 1. The number of nitrogens with zero attached hydrogens (tertiary/aromatic N) is 2. The standard InChI is InChI=1S/C21H16F4N4O2S/c22-17-6-3-13(8-14(17)9-26)18-11-28-19(32-18)27-10-16(29-20(30)31)7-12-1-4-15(5-2-12)21(23,24)25/h1-6,8,11,16,29H,7,10H2,(H,27,28)(H,30,31)/t16-/m0/s1. The number of halogens is 4. The summed E-state index contributed by atoms with van der Waals surface area (Å²) in [6, 6.07) is 9.78. The minimum absolute atomic E-state index is 0.0901. The van der Waals surface area contributed by atoms with Gasteiger partial charge >= 0.3 is 12.3 Å². The molecule has 1 atom stereocenters. The van der Waals surface area contributed by atoms with Crippen molar-refractivity contribution >= 4 is 22.6 Å². The Kier molecular flexibility index (Phi) is 6.95. The molecule has 0 saturated carbocycles. The normalized spacial score (nSPS) is 12.1. The van der Waals surface area contributed by atoms with Crippen LogP contribution < -0.4 is 10.6 Å². The van der Waals surface area contributed by atoms with E-state index in [0.29, 0.717) is 21.1 Å². The van der Waals surface area contributed by atoms with E-state index < -0.39 is 29.7 Å². The zero-order chi connectivity index (χ0) is 23.3. The highest BCUT2D eigenvalue weighted by Crippen LogP contribution is 2.31. The fourth-order valence-electron chi connectivity index (χ4n) is 2.93. The molecule has 0 aliphatic rings. The molecule has 1 amide bonds. The van der Waals surface area contributed by atoms with Crippen LogP contribution in [-0.4, -0.2) is 28.8 Å². The van der Waals surface area contributed by atoms with Gasteiger partial charge in [0.15, 0.2) is 5.13 Å². The number of alkyl halides is 3. The van der Waals surface area contributed by atoms with Crippen molar-refractivity contribution in [2.75, 3.05) is 11.9 Å². The molecule has 3 N–H and O–H groups in total. The van der Waals surface area contributed by atoms with Crippen LogP contribution >= 0.6 is 11.3 Å². The van der Waals surface area contributed by atoms with E-state index in [9.17, 15) is 22.4 Å². The summed E-state index contributed by atoms with van der Waals surface area (Å²) in [5.41, 5.74) is 0.276. The quantitative estimate of drug-likeness (QED) is 0.421. The van der Waals surface area contributed by atoms with Crippen LogP contribution in [0.3, 0.4) is 0 Å². The van der Waals surface area contributed by atoms with Crippen molar-refractivity contribution in [1.29, 1.82) is 5.26 Å². The van der Waals surface area contributed by atoms with Gasteiger partial charge in [-0.1, -0.05) is 29.5 Å². The molecule has 32 heavy (non-hydrogen) atoms. The van der Waals surface area contributed by atoms with E-state index in [4.69, 9.17) is 10.4 Å². The van der Waals surface area contributed by atoms with Crippen LogP contribution in [0.25, 0.3) is 10.4 Å². The molecule has 3 aromatic rings. The van der Waals surface area contributed by atoms with Crippen molar-refractivity contribution in [2.45, 2.75) is 18.6 Å². The largest absolute Gasteiger partial charge is 0.465 e. The number of nitrogens with one attached hydrogen (secondary N) is 2. The Balaban J connectivity index is 1.67. The van der Waals surface area contributed by atoms with Gasteiger partial charge in [-0.3, -0.25) is 0 Å². The predicted octanol–water partition coefficient (Wildman–Crippen LogP) is 5.13. The second kappa shape index (κ2) is 9.65. The van der Waals surface area contributed by atoms with Gasteiger partial charge in [0.05, 0.1) is 22.0 Å². The van der Waals surface area contributed by atoms with Gasteiger partial charge in [0.1, 0.15) is 11.9 Å². The number of hydrogen-bond acceptors (Lipinski definition) is 5. The Bertz CT molecular complexity index is 1140. The smallest absolute Gasteiger partial charge is 0.416 e. The number of aromatic nitrogens is 1. The number of carbonyl (C=O) groups is 1. The van der Waals surface area contributed by atoms with Crippen molar-refractivity contribution in [1.82, 2.24) is 10.3 Å². The van der Waals surface area contributed by atoms with E-state index in [-0.39, 0.29) is 18.5 Å². The summed E-state index contributed by atoms with van der Waals surface area (Å²) in [4.78, 5) is 16.0. The van der Waals surface area contributed by atoms with Crippen molar-refractivity contribution in [2.24, 2.45) is 0 Å². The number of rotatable bonds is 7. The number of amides is 1. The van der Waals surface area contributed by atoms with Crippen LogP contribution in [0.15, 0.2) is 48.7 Å². The molecule has 0 spiro atoms. The Morgan fingerprint density at radius 2 is 1.94 bits per heavy atom. The lowest BCUT2D eigenvalue weighted by Gasteiger charge is -2.18. The molecule has 3 rings (SSSR count). The monoisotopic (exact) mass is 464 g/mol. The van der Waals surface area contributed by atoms with E-state index >= 15 is 0 Å². The molecule has 0 bridgehead atoms. The molecule has 2 aromatic carbocycles. The predicted molar refractivity (Wildman–Crippen MR) is 111 cm³/mol. The lowest BCUT2D eigenvalue weighted by molar-refractivity contribution is -0.137. The molecule has 0 aliphatic heterocycles. The summed E-state index contributed by atoms with van der Waals surface area (Å²) >= 11 is 1.23. The van der Waals surface area contributed by atoms with E-state index in [1.165, 1.54) is 47.9 Å². The Morgan fingerprint density at radius 1 is 1.22 bits per heavy atom. The van der Waals surface area contributed by atoms with Crippen molar-refractivity contribution in [3.05, 3.63) is 71.2 Å². The van der Waals surface area contributed by atoms with Gasteiger partial charge in [0.25, 0.3) is 0 Å². The molecule has 0 fully saturated rings. The van der Waals surface area contributed by atoms with Crippen molar-refractivity contribution in [3.8, 4) is 16.5 Å². The van der Waals surface area contributed by atoms with Crippen LogP contribution in [0.4, 0.5) is 27.5 Å². The lowest BCUT2D eigenvalue weighted by Crippen LogP contribution is -2.40. The van der Waals surface area contributed by atoms with Gasteiger partial charge in [-0.05, 0) is 41.8 Å². The summed E-state index contributed by atoms with van der Waals surface area (Å²) in [5, 5.41) is 23.8. The second-order valence-electron chi connectivity index (χ2n) is 6.76. The SMILES string of the molecule is N#Cc1cc(-c2cnc(NC[C@H](Cc3ccc(C(F)(F)F)cc3)NC(=O)O)s2)ccc1F. The maximum atomic E-state index is 13.5. The first kappa shape index (κ1) is 23.0. The molecule has 6 nitrogen and oxygen atoms in total. The van der Waals surface area contributed by atoms with Gasteiger partial charge in [-0.15, -0.1) is 0 Å². The van der Waals surface area contributed by atoms with Crippen LogP contribution in [0.2, 0.25) is 0 Å². The molecular weight excluding hydrogens is 448 g/mol. The molecule has 1 heterocycles. The molecule has 0 radical (unpaired) electrons. The Labute approximate surface area is 184 Å². The number of nitriles is 1. The molecule has 0 unspecified atom stereocenters. The van der Waals surface area contributed by atoms with Crippen molar-refractivity contribution < 1.29 is 27.5 Å². The molecule has 0 aliphatic carbocycles. The first-order valence-electron chi connectivity index (χ1n) is 9.21. The van der Waals surface area contributed by atoms with Crippen molar-refractivity contribution in [3.63, 3.8) is 0 Å². The number of thiazole rings is 1. The maximum Gasteiger partial charge on any atom is 0.416 e. The van der Waals surface area contributed by atoms with Gasteiger partial charge in [0, 0.05) is 12.7 Å². The lowest BCUT2D eigenvalue weighted by atomic mass is 10.0. The molecule has 166 valence electrons. The molecule has 0 saturated heterocycles. The summed E-state index contributed by atoms with van der Waals surface area (Å²) < 4.78 is 51.6. The molecule has 11 heteroatoms. The zero-order valence-electron chi connectivity index (χ0n) is 16.3. The summed E-state index contributed by atoms with van der Waals surface area (Å²) in [7, 11) is 0. The van der Waals surface area contributed by atoms with E-state index in [1.54, 1.807) is 6.07 Å². The van der Waals surface area contributed by atoms with Crippen LogP contribution in [0.1, 0.15) is 16.7 Å². The fraction of sp³-hybridized carbons (Fsp3) is 0.190. The fourth-order valence-corrected chi connectivity index (χ4v) is 3.75. The van der Waals surface area contributed by atoms with Crippen LogP contribution in [0.5, 0.6) is 0 Å². The highest BCUT2D eigenvalue weighted by molar-refractivity contribution is 7.18. The zero-order valence-corrected chi connectivity index (χ0v) is 17.1. The van der Waals surface area contributed by atoms with Gasteiger partial charge in [0.2, 0.25) is 0 Å². The average Bonchev–Trinajstić information content (AvgIpc) is 3.21. The maximum absolute atomic E-state index is 13.5. The van der Waals surface area contributed by atoms with Crippen LogP contribution in [-0.2, 0) is 12.6 Å². The third-order valence-corrected chi connectivity index (χ3v) is 5.47. The molecule has 1 aromatic heterocycles. The van der Waals surface area contributed by atoms with Crippen LogP contribution in [0, 0.1) is 17.1 Å². The number of benzene rings is 2. The number of carboxylic acid groups (broad SMARTS) is 1. The highest BCUT2D eigenvalue weighted by atomic mass is 32.1. The second-order valence-corrected chi connectivity index (χ2v) is 7.79. The number of hydrogen-bond donors (Lipinski definition) is 3. The molecular formula is C21H16F4N4O2S. The first-order valence-corrected chi connectivity index (χ1v) is 10.0. The minimum Gasteiger partial charge on any atom is -0.465 e. The van der Waals surface area contributed by atoms with E-state index in [1.807, 2.05) is 0 Å². The Hall–Kier alpha value is -3.65. The average molecular weight is 464 g/mol. The van der Waals surface area contributed by atoms with E-state index in [0.717, 1.165) is 12.1 Å². The summed E-state index contributed by atoms with van der Waals surface area (Å²) in [5.74, 6) is -0.620. The summed E-state index contributed by atoms with van der Waals surface area (Å²) in [6.07, 6.45) is -4.01. The summed E-state index contributed by atoms with van der Waals surface area (Å²) in [6.45, 7) is 0.132. The van der Waals surface area contributed by atoms with Gasteiger partial charge in [-0.25, -0.2) is 14.2 Å².